The van der Waals surface area contributed by atoms with E-state index in [1.165, 1.54) is 12.1 Å². The van der Waals surface area contributed by atoms with Crippen molar-refractivity contribution in [3.05, 3.63) is 89.3 Å². The maximum atomic E-state index is 13.3. The van der Waals surface area contributed by atoms with Crippen LogP contribution in [0.2, 0.25) is 0 Å². The number of carbonyl (C=O) groups is 1. The van der Waals surface area contributed by atoms with Crippen LogP contribution in [0.25, 0.3) is 0 Å². The summed E-state index contributed by atoms with van der Waals surface area (Å²) in [4.78, 5) is 20.5. The summed E-state index contributed by atoms with van der Waals surface area (Å²) in [5.74, 6) is -0.590. The molecule has 132 valence electrons. The van der Waals surface area contributed by atoms with Gasteiger partial charge in [-0.25, -0.2) is 9.37 Å². The third-order valence-corrected chi connectivity index (χ3v) is 4.94. The van der Waals surface area contributed by atoms with E-state index in [2.05, 4.69) is 15.3 Å². The minimum absolute atomic E-state index is 0.0452. The predicted molar refractivity (Wildman–Crippen MR) is 97.1 cm³/mol. The lowest BCUT2D eigenvalue weighted by atomic mass is 9.88. The highest BCUT2D eigenvalue weighted by atomic mass is 19.1. The van der Waals surface area contributed by atoms with Crippen LogP contribution < -0.4 is 5.32 Å². The number of benzene rings is 2. The first kappa shape index (κ1) is 16.5. The molecule has 2 atom stereocenters. The number of amides is 1. The van der Waals surface area contributed by atoms with E-state index in [0.717, 1.165) is 41.8 Å². The summed E-state index contributed by atoms with van der Waals surface area (Å²) in [6.45, 7) is 0. The molecular weight excluding hydrogens is 329 g/mol. The highest BCUT2D eigenvalue weighted by Gasteiger charge is 2.30. The summed E-state index contributed by atoms with van der Waals surface area (Å²) in [6, 6.07) is 15.7. The third-order valence-electron chi connectivity index (χ3n) is 4.94. The molecule has 2 N–H and O–H groups in total. The smallest absolute Gasteiger partial charge is 0.229 e. The Kier molecular flexibility index (Phi) is 4.52. The van der Waals surface area contributed by atoms with Gasteiger partial charge in [0, 0.05) is 5.69 Å². The molecule has 1 aliphatic carbocycles. The van der Waals surface area contributed by atoms with Crippen LogP contribution in [0, 0.1) is 5.82 Å². The summed E-state index contributed by atoms with van der Waals surface area (Å²) in [6.07, 6.45) is 4.33. The number of hydrogen-bond donors (Lipinski definition) is 2. The average Bonchev–Trinajstić information content (AvgIpc) is 3.16. The van der Waals surface area contributed by atoms with Crippen molar-refractivity contribution in [2.75, 3.05) is 0 Å². The molecule has 0 unspecified atom stereocenters. The lowest BCUT2D eigenvalue weighted by Crippen LogP contribution is -2.35. The second-order valence-corrected chi connectivity index (χ2v) is 6.61. The van der Waals surface area contributed by atoms with Crippen LogP contribution in [0.5, 0.6) is 0 Å². The van der Waals surface area contributed by atoms with Gasteiger partial charge < -0.3 is 10.3 Å². The van der Waals surface area contributed by atoms with Gasteiger partial charge in [0.15, 0.2) is 0 Å². The van der Waals surface area contributed by atoms with E-state index < -0.39 is 0 Å². The van der Waals surface area contributed by atoms with Crippen LogP contribution in [-0.2, 0) is 11.2 Å². The Hall–Kier alpha value is -2.95. The number of H-pyrrole nitrogens is 1. The summed E-state index contributed by atoms with van der Waals surface area (Å²) in [7, 11) is 0. The first-order chi connectivity index (χ1) is 12.7. The molecule has 0 radical (unpaired) electrons. The zero-order valence-electron chi connectivity index (χ0n) is 14.3. The summed E-state index contributed by atoms with van der Waals surface area (Å²) in [5.41, 5.74) is 3.71. The van der Waals surface area contributed by atoms with Crippen LogP contribution in [0.3, 0.4) is 0 Å². The number of fused-ring (bicyclic) bond motifs is 1. The molecule has 26 heavy (non-hydrogen) atoms. The van der Waals surface area contributed by atoms with Crippen molar-refractivity contribution >= 4 is 5.91 Å². The molecule has 3 aromatic rings. The number of hydrogen-bond acceptors (Lipinski definition) is 2. The molecule has 0 spiro atoms. The van der Waals surface area contributed by atoms with Crippen molar-refractivity contribution in [3.63, 3.8) is 0 Å². The summed E-state index contributed by atoms with van der Waals surface area (Å²) in [5, 5.41) is 3.15. The minimum Gasteiger partial charge on any atom is -0.348 e. The lowest BCUT2D eigenvalue weighted by molar-refractivity contribution is -0.123. The van der Waals surface area contributed by atoms with Crippen LogP contribution in [0.15, 0.2) is 60.9 Å². The van der Waals surface area contributed by atoms with Gasteiger partial charge >= 0.3 is 0 Å². The molecule has 1 aliphatic rings. The van der Waals surface area contributed by atoms with E-state index in [9.17, 15) is 9.18 Å². The topological polar surface area (TPSA) is 57.8 Å². The van der Waals surface area contributed by atoms with Gasteiger partial charge in [0.2, 0.25) is 5.91 Å². The van der Waals surface area contributed by atoms with Crippen LogP contribution >= 0.6 is 0 Å². The number of carbonyl (C=O) groups excluding carboxylic acids is 1. The molecule has 5 heteroatoms. The van der Waals surface area contributed by atoms with Gasteiger partial charge in [-0.2, -0.15) is 0 Å². The van der Waals surface area contributed by atoms with Gasteiger partial charge in [-0.05, 0) is 42.5 Å². The Morgan fingerprint density at radius 2 is 1.85 bits per heavy atom. The molecule has 4 rings (SSSR count). The van der Waals surface area contributed by atoms with Crippen LogP contribution in [-0.4, -0.2) is 15.9 Å². The second-order valence-electron chi connectivity index (χ2n) is 6.61. The minimum atomic E-state index is -0.325. The summed E-state index contributed by atoms with van der Waals surface area (Å²) < 4.78 is 13.3. The lowest BCUT2D eigenvalue weighted by Gasteiger charge is -2.25. The van der Waals surface area contributed by atoms with Gasteiger partial charge in [0.1, 0.15) is 5.82 Å². The Balaban J connectivity index is 1.63. The molecule has 0 saturated heterocycles. The first-order valence-electron chi connectivity index (χ1n) is 8.85. The van der Waals surface area contributed by atoms with Crippen molar-refractivity contribution in [1.29, 1.82) is 0 Å². The average molecular weight is 349 g/mol. The maximum absolute atomic E-state index is 13.3. The quantitative estimate of drug-likeness (QED) is 0.751. The molecule has 4 nitrogen and oxygen atoms in total. The molecule has 0 fully saturated rings. The standard InChI is InChI=1S/C21H20FN3O/c22-16-11-9-15(10-12-16)19(14-5-2-1-3-6-14)25-21(26)17-7-4-8-18-20(17)24-13-23-18/h1-3,5-6,9-13,17,19H,4,7-8H2,(H,23,24)(H,25,26)/t17-,19+/m1/s1. The van der Waals surface area contributed by atoms with E-state index in [1.807, 2.05) is 30.3 Å². The Morgan fingerprint density at radius 1 is 1.12 bits per heavy atom. The van der Waals surface area contributed by atoms with Crippen molar-refractivity contribution in [2.45, 2.75) is 31.2 Å². The SMILES string of the molecule is O=C(N[C@@H](c1ccccc1)c1ccc(F)cc1)[C@@H]1CCCc2[nH]cnc21. The maximum Gasteiger partial charge on any atom is 0.229 e. The fraction of sp³-hybridized carbons (Fsp3) is 0.238. The molecule has 1 heterocycles. The summed E-state index contributed by atoms with van der Waals surface area (Å²) >= 11 is 0. The van der Waals surface area contributed by atoms with E-state index in [4.69, 9.17) is 0 Å². The van der Waals surface area contributed by atoms with Crippen molar-refractivity contribution in [3.8, 4) is 0 Å². The van der Waals surface area contributed by atoms with Gasteiger partial charge in [-0.3, -0.25) is 4.79 Å². The molecule has 1 amide bonds. The van der Waals surface area contributed by atoms with E-state index in [-0.39, 0.29) is 23.7 Å². The first-order valence-corrected chi connectivity index (χ1v) is 8.85. The van der Waals surface area contributed by atoms with E-state index in [1.54, 1.807) is 18.5 Å². The molecule has 0 saturated carbocycles. The van der Waals surface area contributed by atoms with E-state index >= 15 is 0 Å². The zero-order chi connectivity index (χ0) is 17.9. The second kappa shape index (κ2) is 7.12. The van der Waals surface area contributed by atoms with Gasteiger partial charge in [0.05, 0.1) is 24.0 Å². The highest BCUT2D eigenvalue weighted by Crippen LogP contribution is 2.31. The predicted octanol–water partition coefficient (Wildman–Crippen LogP) is 3.87. The monoisotopic (exact) mass is 349 g/mol. The van der Waals surface area contributed by atoms with Crippen LogP contribution in [0.4, 0.5) is 4.39 Å². The number of nitrogens with one attached hydrogen (secondary N) is 2. The van der Waals surface area contributed by atoms with Gasteiger partial charge in [-0.1, -0.05) is 42.5 Å². The number of aromatic nitrogens is 2. The van der Waals surface area contributed by atoms with Crippen molar-refractivity contribution in [1.82, 2.24) is 15.3 Å². The number of nitrogens with zero attached hydrogens (tertiary/aromatic N) is 1. The highest BCUT2D eigenvalue weighted by molar-refractivity contribution is 5.84. The number of halogens is 1. The third kappa shape index (κ3) is 3.25. The fourth-order valence-corrected chi connectivity index (χ4v) is 3.61. The van der Waals surface area contributed by atoms with Crippen molar-refractivity contribution in [2.24, 2.45) is 0 Å². The Morgan fingerprint density at radius 3 is 2.62 bits per heavy atom. The van der Waals surface area contributed by atoms with Gasteiger partial charge in [-0.15, -0.1) is 0 Å². The molecule has 2 aromatic carbocycles. The fourth-order valence-electron chi connectivity index (χ4n) is 3.61. The normalized spacial score (nSPS) is 17.3. The van der Waals surface area contributed by atoms with Crippen LogP contribution in [0.1, 0.15) is 47.3 Å². The molecule has 0 aliphatic heterocycles. The molecule has 1 aromatic heterocycles. The van der Waals surface area contributed by atoms with Gasteiger partial charge in [0.25, 0.3) is 0 Å². The van der Waals surface area contributed by atoms with Crippen molar-refractivity contribution < 1.29 is 9.18 Å². The number of aromatic amines is 1. The number of rotatable bonds is 4. The number of imidazole rings is 1. The Labute approximate surface area is 151 Å². The zero-order valence-corrected chi connectivity index (χ0v) is 14.3. The van der Waals surface area contributed by atoms with E-state index in [0.29, 0.717) is 0 Å². The Bertz CT molecular complexity index is 889. The molecular formula is C21H20FN3O. The molecule has 0 bridgehead atoms. The largest absolute Gasteiger partial charge is 0.348 e. The number of aryl methyl sites for hydroxylation is 1.